The average molecular weight is 463 g/mol. The van der Waals surface area contributed by atoms with E-state index in [1.165, 1.54) is 11.3 Å². The highest BCUT2D eigenvalue weighted by molar-refractivity contribution is 5.93. The highest BCUT2D eigenvalue weighted by Gasteiger charge is 2.14. The molecule has 1 saturated heterocycles. The number of likely N-dealkylation sites (N-methyl/N-ethyl adjacent to an activating group) is 1. The molecule has 35 heavy (non-hydrogen) atoms. The van der Waals surface area contributed by atoms with Gasteiger partial charge in [-0.25, -0.2) is 0 Å². The summed E-state index contributed by atoms with van der Waals surface area (Å²) >= 11 is 0. The molecule has 3 aromatic carbocycles. The van der Waals surface area contributed by atoms with Crippen LogP contribution in [0.2, 0.25) is 0 Å². The van der Waals surface area contributed by atoms with Crippen molar-refractivity contribution in [3.8, 4) is 17.6 Å². The van der Waals surface area contributed by atoms with Crippen molar-refractivity contribution in [2.75, 3.05) is 57.1 Å². The Morgan fingerprint density at radius 3 is 2.34 bits per heavy atom. The van der Waals surface area contributed by atoms with E-state index in [-0.39, 0.29) is 0 Å². The molecule has 0 atom stereocenters. The smallest absolute Gasteiger partial charge is 0.118 e. The lowest BCUT2D eigenvalue weighted by atomic mass is 9.96. The van der Waals surface area contributed by atoms with Gasteiger partial charge in [-0.05, 0) is 84.4 Å². The van der Waals surface area contributed by atoms with Crippen molar-refractivity contribution in [1.29, 1.82) is 0 Å². The summed E-state index contributed by atoms with van der Waals surface area (Å²) in [6.07, 6.45) is 4.01. The van der Waals surface area contributed by atoms with Crippen LogP contribution in [0.15, 0.2) is 77.9 Å². The lowest BCUT2D eigenvalue weighted by Crippen LogP contribution is -2.44. The van der Waals surface area contributed by atoms with Crippen molar-refractivity contribution < 1.29 is 4.74 Å². The zero-order valence-electron chi connectivity index (χ0n) is 20.3. The summed E-state index contributed by atoms with van der Waals surface area (Å²) in [5, 5.41) is 3.47. The molecule has 0 saturated carbocycles. The quantitative estimate of drug-likeness (QED) is 0.569. The van der Waals surface area contributed by atoms with Crippen LogP contribution in [0.5, 0.6) is 5.75 Å². The summed E-state index contributed by atoms with van der Waals surface area (Å²) < 4.78 is 5.22. The predicted molar refractivity (Wildman–Crippen MR) is 146 cm³/mol. The monoisotopic (exact) mass is 462 g/mol. The van der Waals surface area contributed by atoms with Gasteiger partial charge in [-0.1, -0.05) is 17.9 Å². The number of nitrogens with one attached hydrogen (secondary N) is 1. The van der Waals surface area contributed by atoms with E-state index < -0.39 is 0 Å². The molecule has 2 heterocycles. The van der Waals surface area contributed by atoms with Crippen LogP contribution in [0.4, 0.5) is 11.4 Å². The Labute approximate surface area is 207 Å². The number of benzene rings is 3. The van der Waals surface area contributed by atoms with E-state index in [0.717, 1.165) is 59.9 Å². The molecule has 2 aliphatic heterocycles. The number of rotatable bonds is 4. The van der Waals surface area contributed by atoms with E-state index >= 15 is 0 Å². The van der Waals surface area contributed by atoms with E-state index in [4.69, 9.17) is 4.74 Å². The molecule has 0 spiro atoms. The first-order valence-corrected chi connectivity index (χ1v) is 12.0. The number of piperazine rings is 1. The molecule has 0 amide bonds. The van der Waals surface area contributed by atoms with Gasteiger partial charge in [0, 0.05) is 61.1 Å². The Balaban J connectivity index is 1.30. The minimum Gasteiger partial charge on any atom is -0.497 e. The van der Waals surface area contributed by atoms with E-state index in [2.05, 4.69) is 87.7 Å². The van der Waals surface area contributed by atoms with E-state index in [9.17, 15) is 0 Å². The lowest BCUT2D eigenvalue weighted by Gasteiger charge is -2.34. The molecular weight excluding hydrogens is 432 g/mol. The Morgan fingerprint density at radius 1 is 0.886 bits per heavy atom. The molecule has 2 aliphatic rings. The van der Waals surface area contributed by atoms with Crippen molar-refractivity contribution in [2.24, 2.45) is 4.99 Å². The molecule has 0 radical (unpaired) electrons. The van der Waals surface area contributed by atoms with Gasteiger partial charge in [-0.2, -0.15) is 0 Å². The number of ether oxygens (including phenoxy) is 1. The van der Waals surface area contributed by atoms with E-state index in [0.29, 0.717) is 6.54 Å². The van der Waals surface area contributed by atoms with Crippen LogP contribution < -0.4 is 15.0 Å². The molecule has 1 N–H and O–H groups in total. The van der Waals surface area contributed by atoms with E-state index in [1.807, 2.05) is 30.5 Å². The third-order valence-electron chi connectivity index (χ3n) is 6.48. The first-order chi connectivity index (χ1) is 17.2. The fourth-order valence-electron chi connectivity index (χ4n) is 4.30. The highest BCUT2D eigenvalue weighted by Crippen LogP contribution is 2.25. The van der Waals surface area contributed by atoms with Crippen LogP contribution in [-0.2, 0) is 0 Å². The van der Waals surface area contributed by atoms with Gasteiger partial charge >= 0.3 is 0 Å². The van der Waals surface area contributed by atoms with Gasteiger partial charge in [0.2, 0.25) is 0 Å². The number of anilines is 2. The summed E-state index contributed by atoms with van der Waals surface area (Å²) in [7, 11) is 3.85. The van der Waals surface area contributed by atoms with Gasteiger partial charge in [0.1, 0.15) is 5.75 Å². The largest absolute Gasteiger partial charge is 0.497 e. The third-order valence-corrected chi connectivity index (χ3v) is 6.48. The number of nitrogens with zero attached hydrogens (tertiary/aromatic N) is 3. The average Bonchev–Trinajstić information content (AvgIpc) is 2.91. The minimum atomic E-state index is 0.648. The van der Waals surface area contributed by atoms with Crippen LogP contribution in [-0.4, -0.2) is 58.0 Å². The topological polar surface area (TPSA) is 40.1 Å². The van der Waals surface area contributed by atoms with Crippen molar-refractivity contribution in [3.63, 3.8) is 0 Å². The number of hydrogen-bond donors (Lipinski definition) is 1. The molecule has 5 heteroatoms. The SMILES string of the molecule is COc1ccc(C#Cc2ccc3c(c2)/C(=C/Nc2ccc(N4CCN(C)CC4)cc2)CN=C3)cc1. The standard InChI is InChI=1S/C30H30N4O/c1-33-15-17-34(18-16-33)28-11-9-27(10-12-28)32-22-26-21-31-20-25-8-5-24(19-30(25)26)4-3-23-6-13-29(35-2)14-7-23/h5-14,19-20,22,32H,15-18,21H2,1-2H3/b26-22+. The molecule has 5 nitrogen and oxygen atoms in total. The molecule has 176 valence electrons. The first-order valence-electron chi connectivity index (χ1n) is 12.0. The highest BCUT2D eigenvalue weighted by atomic mass is 16.5. The van der Waals surface area contributed by atoms with Gasteiger partial charge in [0.15, 0.2) is 0 Å². The second-order valence-electron chi connectivity index (χ2n) is 8.90. The van der Waals surface area contributed by atoms with Crippen molar-refractivity contribution in [3.05, 3.63) is 95.2 Å². The second kappa shape index (κ2) is 10.5. The van der Waals surface area contributed by atoms with Gasteiger partial charge in [0.25, 0.3) is 0 Å². The molecule has 3 aromatic rings. The molecular formula is C30H30N4O. The summed E-state index contributed by atoms with van der Waals surface area (Å²) in [4.78, 5) is 9.36. The third kappa shape index (κ3) is 5.56. The second-order valence-corrected chi connectivity index (χ2v) is 8.90. The molecule has 0 bridgehead atoms. The molecule has 0 aliphatic carbocycles. The van der Waals surface area contributed by atoms with E-state index in [1.54, 1.807) is 7.11 Å². The Kier molecular flexibility index (Phi) is 6.83. The van der Waals surface area contributed by atoms with Crippen LogP contribution in [0, 0.1) is 11.8 Å². The Bertz CT molecular complexity index is 1290. The normalized spacial score (nSPS) is 16.4. The number of methoxy groups -OCH3 is 1. The maximum Gasteiger partial charge on any atom is 0.118 e. The van der Waals surface area contributed by atoms with Crippen molar-refractivity contribution in [1.82, 2.24) is 4.90 Å². The van der Waals surface area contributed by atoms with Crippen molar-refractivity contribution >= 4 is 23.2 Å². The van der Waals surface area contributed by atoms with Crippen LogP contribution in [0.25, 0.3) is 5.57 Å². The van der Waals surface area contributed by atoms with Gasteiger partial charge in [0.05, 0.1) is 13.7 Å². The molecule has 0 aromatic heterocycles. The molecule has 5 rings (SSSR count). The first kappa shape index (κ1) is 22.8. The van der Waals surface area contributed by atoms with Gasteiger partial charge in [-0.3, -0.25) is 4.99 Å². The Morgan fingerprint density at radius 2 is 1.60 bits per heavy atom. The number of aliphatic imine (C=N–C) groups is 1. The van der Waals surface area contributed by atoms with Gasteiger partial charge < -0.3 is 19.9 Å². The summed E-state index contributed by atoms with van der Waals surface area (Å²) in [5.41, 5.74) is 7.73. The zero-order chi connectivity index (χ0) is 24.0. The fourth-order valence-corrected chi connectivity index (χ4v) is 4.30. The maximum atomic E-state index is 5.22. The summed E-state index contributed by atoms with van der Waals surface area (Å²) in [6, 6.07) is 22.8. The molecule has 0 unspecified atom stereocenters. The number of fused-ring (bicyclic) bond motifs is 1. The minimum absolute atomic E-state index is 0.648. The maximum absolute atomic E-state index is 5.22. The van der Waals surface area contributed by atoms with Crippen molar-refractivity contribution in [2.45, 2.75) is 0 Å². The summed E-state index contributed by atoms with van der Waals surface area (Å²) in [6.45, 7) is 5.02. The molecule has 1 fully saturated rings. The summed E-state index contributed by atoms with van der Waals surface area (Å²) in [5.74, 6) is 7.37. The van der Waals surface area contributed by atoms with Gasteiger partial charge in [-0.15, -0.1) is 0 Å². The Hall–Kier alpha value is -4.01. The fraction of sp³-hybridized carbons (Fsp3) is 0.233. The lowest BCUT2D eigenvalue weighted by molar-refractivity contribution is 0.313. The predicted octanol–water partition coefficient (Wildman–Crippen LogP) is 4.73. The van der Waals surface area contributed by atoms with Crippen LogP contribution >= 0.6 is 0 Å². The zero-order valence-corrected chi connectivity index (χ0v) is 20.3. The van der Waals surface area contributed by atoms with Crippen LogP contribution in [0.1, 0.15) is 22.3 Å². The van der Waals surface area contributed by atoms with Crippen LogP contribution in [0.3, 0.4) is 0 Å². The number of hydrogen-bond acceptors (Lipinski definition) is 5.